The van der Waals surface area contributed by atoms with Crippen molar-refractivity contribution in [3.05, 3.63) is 54.1 Å². The Hall–Kier alpha value is -1.87. The first-order valence-electron chi connectivity index (χ1n) is 7.27. The van der Waals surface area contributed by atoms with Crippen LogP contribution in [0.15, 0.2) is 48.4 Å². The average Bonchev–Trinajstić information content (AvgIpc) is 2.53. The SMILES string of the molecule is CCNC(C1=COCCC1)c1nccc2ccccc12. The lowest BCUT2D eigenvalue weighted by molar-refractivity contribution is 0.219. The van der Waals surface area contributed by atoms with Crippen molar-refractivity contribution in [2.45, 2.75) is 25.8 Å². The van der Waals surface area contributed by atoms with Gasteiger partial charge in [-0.3, -0.25) is 4.98 Å². The second-order valence-electron chi connectivity index (χ2n) is 5.08. The molecule has 104 valence electrons. The molecule has 0 fully saturated rings. The molecule has 1 N–H and O–H groups in total. The molecule has 1 unspecified atom stereocenters. The van der Waals surface area contributed by atoms with Gasteiger partial charge in [-0.05, 0) is 36.4 Å². The molecule has 0 saturated heterocycles. The second kappa shape index (κ2) is 6.06. The molecular formula is C17H20N2O. The van der Waals surface area contributed by atoms with Crippen molar-refractivity contribution in [3.63, 3.8) is 0 Å². The molecule has 3 nitrogen and oxygen atoms in total. The van der Waals surface area contributed by atoms with Crippen LogP contribution in [0.2, 0.25) is 0 Å². The monoisotopic (exact) mass is 268 g/mol. The van der Waals surface area contributed by atoms with Gasteiger partial charge in [0.15, 0.2) is 0 Å². The van der Waals surface area contributed by atoms with Gasteiger partial charge in [0.25, 0.3) is 0 Å². The Kier molecular flexibility index (Phi) is 3.97. The minimum Gasteiger partial charge on any atom is -0.501 e. The summed E-state index contributed by atoms with van der Waals surface area (Å²) in [5, 5.41) is 6.00. The molecule has 1 aliphatic rings. The Morgan fingerprint density at radius 3 is 3.00 bits per heavy atom. The van der Waals surface area contributed by atoms with Crippen LogP contribution in [0.4, 0.5) is 0 Å². The molecule has 20 heavy (non-hydrogen) atoms. The maximum absolute atomic E-state index is 5.51. The molecule has 0 saturated carbocycles. The highest BCUT2D eigenvalue weighted by molar-refractivity contribution is 5.85. The van der Waals surface area contributed by atoms with Crippen molar-refractivity contribution in [1.29, 1.82) is 0 Å². The van der Waals surface area contributed by atoms with Gasteiger partial charge in [0.05, 0.1) is 24.6 Å². The molecule has 1 aromatic heterocycles. The number of fused-ring (bicyclic) bond motifs is 1. The maximum Gasteiger partial charge on any atom is 0.0876 e. The standard InChI is InChI=1S/C17H20N2O/c1-2-18-16(14-7-5-11-20-12-14)17-15-8-4-3-6-13(15)9-10-19-17/h3-4,6,8-10,12,16,18H,2,5,7,11H2,1H3. The third-order valence-corrected chi connectivity index (χ3v) is 3.72. The lowest BCUT2D eigenvalue weighted by Crippen LogP contribution is -2.25. The molecule has 1 aromatic carbocycles. The van der Waals surface area contributed by atoms with Crippen molar-refractivity contribution >= 4 is 10.8 Å². The predicted octanol–water partition coefficient (Wildman–Crippen LogP) is 3.58. The molecular weight excluding hydrogens is 248 g/mol. The first kappa shape index (κ1) is 13.1. The summed E-state index contributed by atoms with van der Waals surface area (Å²) in [6, 6.07) is 10.6. The normalized spacial score (nSPS) is 16.6. The van der Waals surface area contributed by atoms with E-state index in [1.807, 2.05) is 12.5 Å². The second-order valence-corrected chi connectivity index (χ2v) is 5.08. The van der Waals surface area contributed by atoms with Gasteiger partial charge in [-0.2, -0.15) is 0 Å². The van der Waals surface area contributed by atoms with Gasteiger partial charge in [0.2, 0.25) is 0 Å². The van der Waals surface area contributed by atoms with Crippen LogP contribution in [0.1, 0.15) is 31.5 Å². The van der Waals surface area contributed by atoms with Crippen LogP contribution in [0.3, 0.4) is 0 Å². The molecule has 1 atom stereocenters. The number of benzene rings is 1. The van der Waals surface area contributed by atoms with Gasteiger partial charge >= 0.3 is 0 Å². The number of likely N-dealkylation sites (N-methyl/N-ethyl adjacent to an activating group) is 1. The summed E-state index contributed by atoms with van der Waals surface area (Å²) in [7, 11) is 0. The fraction of sp³-hybridized carbons (Fsp3) is 0.353. The molecule has 0 radical (unpaired) electrons. The van der Waals surface area contributed by atoms with Crippen molar-refractivity contribution in [2.24, 2.45) is 0 Å². The summed E-state index contributed by atoms with van der Waals surface area (Å²) in [6.45, 7) is 3.86. The zero-order chi connectivity index (χ0) is 13.8. The largest absolute Gasteiger partial charge is 0.501 e. The molecule has 3 rings (SSSR count). The van der Waals surface area contributed by atoms with Crippen LogP contribution in [-0.2, 0) is 4.74 Å². The first-order valence-corrected chi connectivity index (χ1v) is 7.27. The van der Waals surface area contributed by atoms with E-state index in [4.69, 9.17) is 4.74 Å². The van der Waals surface area contributed by atoms with Crippen molar-refractivity contribution < 1.29 is 4.74 Å². The van der Waals surface area contributed by atoms with Crippen molar-refractivity contribution in [3.8, 4) is 0 Å². The number of aromatic nitrogens is 1. The van der Waals surface area contributed by atoms with E-state index < -0.39 is 0 Å². The fourth-order valence-electron chi connectivity index (χ4n) is 2.78. The zero-order valence-corrected chi connectivity index (χ0v) is 11.8. The topological polar surface area (TPSA) is 34.1 Å². The highest BCUT2D eigenvalue weighted by Crippen LogP contribution is 2.30. The molecule has 0 aliphatic carbocycles. The highest BCUT2D eigenvalue weighted by atomic mass is 16.5. The number of ether oxygens (including phenoxy) is 1. The van der Waals surface area contributed by atoms with E-state index in [9.17, 15) is 0 Å². The van der Waals surface area contributed by atoms with Gasteiger partial charge in [-0.15, -0.1) is 0 Å². The number of hydrogen-bond donors (Lipinski definition) is 1. The Bertz CT molecular complexity index is 616. The molecule has 0 amide bonds. The predicted molar refractivity (Wildman–Crippen MR) is 81.4 cm³/mol. The lowest BCUT2D eigenvalue weighted by Gasteiger charge is -2.24. The van der Waals surface area contributed by atoms with Crippen LogP contribution in [0.5, 0.6) is 0 Å². The molecule has 3 heteroatoms. The molecule has 1 aliphatic heterocycles. The quantitative estimate of drug-likeness (QED) is 0.920. The van der Waals surface area contributed by atoms with Gasteiger partial charge in [0, 0.05) is 11.6 Å². The summed E-state index contributed by atoms with van der Waals surface area (Å²) in [5.74, 6) is 0. The van der Waals surface area contributed by atoms with Crippen LogP contribution in [0, 0.1) is 0 Å². The smallest absolute Gasteiger partial charge is 0.0876 e. The third-order valence-electron chi connectivity index (χ3n) is 3.72. The Morgan fingerprint density at radius 2 is 2.20 bits per heavy atom. The van der Waals surface area contributed by atoms with Gasteiger partial charge in [0.1, 0.15) is 0 Å². The van der Waals surface area contributed by atoms with E-state index in [2.05, 4.69) is 47.6 Å². The van der Waals surface area contributed by atoms with Crippen molar-refractivity contribution in [2.75, 3.05) is 13.2 Å². The minimum absolute atomic E-state index is 0.145. The van der Waals surface area contributed by atoms with Crippen molar-refractivity contribution in [1.82, 2.24) is 10.3 Å². The van der Waals surface area contributed by atoms with E-state index in [0.29, 0.717) is 0 Å². The molecule has 2 aromatic rings. The number of nitrogens with zero attached hydrogens (tertiary/aromatic N) is 1. The van der Waals surface area contributed by atoms with Crippen LogP contribution < -0.4 is 5.32 Å². The number of nitrogens with one attached hydrogen (secondary N) is 1. The zero-order valence-electron chi connectivity index (χ0n) is 11.8. The van der Waals surface area contributed by atoms with E-state index in [1.165, 1.54) is 16.3 Å². The maximum atomic E-state index is 5.51. The third kappa shape index (κ3) is 2.54. The van der Waals surface area contributed by atoms with Crippen LogP contribution in [0.25, 0.3) is 10.8 Å². The first-order chi connectivity index (χ1) is 9.90. The molecule has 2 heterocycles. The molecule has 0 spiro atoms. The summed E-state index contributed by atoms with van der Waals surface area (Å²) in [4.78, 5) is 4.64. The highest BCUT2D eigenvalue weighted by Gasteiger charge is 2.21. The van der Waals surface area contributed by atoms with Crippen LogP contribution in [-0.4, -0.2) is 18.1 Å². The summed E-state index contributed by atoms with van der Waals surface area (Å²) in [5.41, 5.74) is 2.39. The van der Waals surface area contributed by atoms with E-state index in [1.54, 1.807) is 0 Å². The van der Waals surface area contributed by atoms with E-state index >= 15 is 0 Å². The summed E-state index contributed by atoms with van der Waals surface area (Å²) in [6.07, 6.45) is 5.97. The van der Waals surface area contributed by atoms with E-state index in [-0.39, 0.29) is 6.04 Å². The number of hydrogen-bond acceptors (Lipinski definition) is 3. The van der Waals surface area contributed by atoms with Crippen LogP contribution >= 0.6 is 0 Å². The Labute approximate surface area is 119 Å². The van der Waals surface area contributed by atoms with Gasteiger partial charge < -0.3 is 10.1 Å². The average molecular weight is 268 g/mol. The lowest BCUT2D eigenvalue weighted by atomic mass is 9.95. The molecule has 0 bridgehead atoms. The fourth-order valence-corrected chi connectivity index (χ4v) is 2.78. The Balaban J connectivity index is 2.07. The number of rotatable bonds is 4. The summed E-state index contributed by atoms with van der Waals surface area (Å²) >= 11 is 0. The van der Waals surface area contributed by atoms with E-state index in [0.717, 1.165) is 31.7 Å². The summed E-state index contributed by atoms with van der Waals surface area (Å²) < 4.78 is 5.51. The van der Waals surface area contributed by atoms with Gasteiger partial charge in [-0.1, -0.05) is 31.2 Å². The minimum atomic E-state index is 0.145. The van der Waals surface area contributed by atoms with Gasteiger partial charge in [-0.25, -0.2) is 0 Å². The Morgan fingerprint density at radius 1 is 1.30 bits per heavy atom. The number of pyridine rings is 1.